The number of para-hydroxylation sites is 1. The Bertz CT molecular complexity index is 1280. The van der Waals surface area contributed by atoms with Crippen molar-refractivity contribution in [3.05, 3.63) is 93.5 Å². The van der Waals surface area contributed by atoms with Crippen LogP contribution >= 0.6 is 23.2 Å². The van der Waals surface area contributed by atoms with Crippen LogP contribution in [0.2, 0.25) is 10.0 Å². The number of halogens is 2. The first-order chi connectivity index (χ1) is 14.6. The Morgan fingerprint density at radius 1 is 0.967 bits per heavy atom. The molecular weight excluding hydrogens is 415 g/mol. The molecule has 1 unspecified atom stereocenters. The Morgan fingerprint density at radius 2 is 1.73 bits per heavy atom. The molecule has 0 fully saturated rings. The third kappa shape index (κ3) is 2.92. The number of H-pyrrole nitrogens is 1. The maximum absolute atomic E-state index is 13.3. The van der Waals surface area contributed by atoms with Gasteiger partial charge in [-0.1, -0.05) is 66.5 Å². The minimum Gasteiger partial charge on any atom is -0.354 e. The van der Waals surface area contributed by atoms with E-state index in [-0.39, 0.29) is 11.9 Å². The van der Waals surface area contributed by atoms with Gasteiger partial charge in [0, 0.05) is 39.2 Å². The Morgan fingerprint density at radius 3 is 2.53 bits per heavy atom. The number of amides is 1. The molecule has 1 aromatic heterocycles. The summed E-state index contributed by atoms with van der Waals surface area (Å²) in [5, 5.41) is 2.26. The number of benzene rings is 3. The molecule has 30 heavy (non-hydrogen) atoms. The highest BCUT2D eigenvalue weighted by molar-refractivity contribution is 6.36. The number of nitrogens with one attached hydrogen (secondary N) is 1. The van der Waals surface area contributed by atoms with Crippen molar-refractivity contribution in [2.75, 3.05) is 6.54 Å². The zero-order valence-corrected chi connectivity index (χ0v) is 18.0. The van der Waals surface area contributed by atoms with Crippen molar-refractivity contribution >= 4 is 40.0 Å². The Labute approximate surface area is 185 Å². The zero-order chi connectivity index (χ0) is 20.8. The fourth-order valence-electron chi connectivity index (χ4n) is 4.51. The molecule has 5 rings (SSSR count). The predicted octanol–water partition coefficient (Wildman–Crippen LogP) is 7.10. The standard InChI is InChI=1S/C25H20Cl2N2O/c1-2-13-29-24(16-7-3-4-8-17(16)25(29)30)22-19-9-5-6-10-21(19)28-23(22)18-12-11-15(26)14-20(18)27/h3-12,14,24,28H,2,13H2,1H3. The molecule has 1 aliphatic rings. The van der Waals surface area contributed by atoms with Crippen LogP contribution in [0.3, 0.4) is 0 Å². The van der Waals surface area contributed by atoms with E-state index in [0.717, 1.165) is 45.3 Å². The van der Waals surface area contributed by atoms with Gasteiger partial charge in [0.1, 0.15) is 0 Å². The average Bonchev–Trinajstić information content (AvgIpc) is 3.24. The Balaban J connectivity index is 1.83. The van der Waals surface area contributed by atoms with Crippen molar-refractivity contribution in [1.82, 2.24) is 9.88 Å². The van der Waals surface area contributed by atoms with Crippen LogP contribution in [-0.2, 0) is 0 Å². The zero-order valence-electron chi connectivity index (χ0n) is 16.5. The quantitative estimate of drug-likeness (QED) is 0.365. The molecule has 0 radical (unpaired) electrons. The fraction of sp³-hybridized carbons (Fsp3) is 0.160. The van der Waals surface area contributed by atoms with Crippen LogP contribution in [0.5, 0.6) is 0 Å². The van der Waals surface area contributed by atoms with Gasteiger partial charge in [-0.05, 0) is 42.3 Å². The van der Waals surface area contributed by atoms with Gasteiger partial charge in [-0.2, -0.15) is 0 Å². The second-order valence-corrected chi connectivity index (χ2v) is 8.42. The van der Waals surface area contributed by atoms with Crippen LogP contribution in [0.15, 0.2) is 66.7 Å². The Hall–Kier alpha value is -2.75. The summed E-state index contributed by atoms with van der Waals surface area (Å²) in [7, 11) is 0. The lowest BCUT2D eigenvalue weighted by atomic mass is 9.93. The van der Waals surface area contributed by atoms with Gasteiger partial charge in [0.2, 0.25) is 0 Å². The third-order valence-electron chi connectivity index (χ3n) is 5.74. The number of nitrogens with zero attached hydrogens (tertiary/aromatic N) is 1. The fourth-order valence-corrected chi connectivity index (χ4v) is 5.01. The van der Waals surface area contributed by atoms with Crippen molar-refractivity contribution in [1.29, 1.82) is 0 Å². The molecule has 1 aliphatic heterocycles. The van der Waals surface area contributed by atoms with Crippen LogP contribution in [0.1, 0.15) is 40.9 Å². The SMILES string of the molecule is CCCN1C(=O)c2ccccc2C1c1c(-c2ccc(Cl)cc2Cl)[nH]c2ccccc12. The lowest BCUT2D eigenvalue weighted by molar-refractivity contribution is 0.0751. The van der Waals surface area contributed by atoms with Crippen molar-refractivity contribution in [2.24, 2.45) is 0 Å². The van der Waals surface area contributed by atoms with Gasteiger partial charge in [-0.3, -0.25) is 4.79 Å². The van der Waals surface area contributed by atoms with Gasteiger partial charge in [-0.25, -0.2) is 0 Å². The lowest BCUT2D eigenvalue weighted by Gasteiger charge is -2.26. The molecule has 4 aromatic rings. The summed E-state index contributed by atoms with van der Waals surface area (Å²) in [6, 6.07) is 21.5. The highest BCUT2D eigenvalue weighted by Gasteiger charge is 2.39. The van der Waals surface area contributed by atoms with E-state index in [1.54, 1.807) is 6.07 Å². The average molecular weight is 435 g/mol. The number of fused-ring (bicyclic) bond motifs is 2. The van der Waals surface area contributed by atoms with Crippen molar-refractivity contribution in [2.45, 2.75) is 19.4 Å². The number of hydrogen-bond donors (Lipinski definition) is 1. The number of aromatic nitrogens is 1. The number of aromatic amines is 1. The van der Waals surface area contributed by atoms with Gasteiger partial charge in [-0.15, -0.1) is 0 Å². The first-order valence-electron chi connectivity index (χ1n) is 10.1. The van der Waals surface area contributed by atoms with Crippen LogP contribution in [0.4, 0.5) is 0 Å². The van der Waals surface area contributed by atoms with Gasteiger partial charge in [0.15, 0.2) is 0 Å². The highest BCUT2D eigenvalue weighted by Crippen LogP contribution is 2.46. The summed E-state index contributed by atoms with van der Waals surface area (Å²) < 4.78 is 0. The molecule has 0 spiro atoms. The van der Waals surface area contributed by atoms with Crippen molar-refractivity contribution in [3.63, 3.8) is 0 Å². The molecule has 1 N–H and O–H groups in total. The molecule has 0 saturated heterocycles. The molecule has 0 aliphatic carbocycles. The predicted molar refractivity (Wildman–Crippen MR) is 123 cm³/mol. The van der Waals surface area contributed by atoms with Gasteiger partial charge < -0.3 is 9.88 Å². The Kier molecular flexibility index (Phi) is 4.80. The molecule has 150 valence electrons. The summed E-state index contributed by atoms with van der Waals surface area (Å²) in [6.45, 7) is 2.78. The van der Waals surface area contributed by atoms with E-state index in [4.69, 9.17) is 23.2 Å². The molecule has 3 nitrogen and oxygen atoms in total. The number of carbonyl (C=O) groups excluding carboxylic acids is 1. The molecule has 5 heteroatoms. The molecule has 1 amide bonds. The second-order valence-electron chi connectivity index (χ2n) is 7.57. The van der Waals surface area contributed by atoms with E-state index in [2.05, 4.69) is 30.1 Å². The molecule has 2 heterocycles. The largest absolute Gasteiger partial charge is 0.354 e. The normalized spacial score (nSPS) is 15.8. The van der Waals surface area contributed by atoms with Crippen LogP contribution < -0.4 is 0 Å². The van der Waals surface area contributed by atoms with Gasteiger partial charge in [0.25, 0.3) is 5.91 Å². The van der Waals surface area contributed by atoms with Crippen LogP contribution in [-0.4, -0.2) is 22.3 Å². The topological polar surface area (TPSA) is 36.1 Å². The molecule has 0 bridgehead atoms. The van der Waals surface area contributed by atoms with E-state index in [0.29, 0.717) is 16.6 Å². The minimum absolute atomic E-state index is 0.0795. The third-order valence-corrected chi connectivity index (χ3v) is 6.29. The molecule has 0 saturated carbocycles. The summed E-state index contributed by atoms with van der Waals surface area (Å²) in [6.07, 6.45) is 0.885. The van der Waals surface area contributed by atoms with E-state index >= 15 is 0 Å². The van der Waals surface area contributed by atoms with Crippen molar-refractivity contribution < 1.29 is 4.79 Å². The van der Waals surface area contributed by atoms with Crippen LogP contribution in [0.25, 0.3) is 22.2 Å². The summed E-state index contributed by atoms with van der Waals surface area (Å²) in [5.74, 6) is 0.0795. The molecular formula is C25H20Cl2N2O. The first-order valence-corrected chi connectivity index (χ1v) is 10.8. The van der Waals surface area contributed by atoms with Gasteiger partial charge >= 0.3 is 0 Å². The minimum atomic E-state index is -0.174. The van der Waals surface area contributed by atoms with Crippen molar-refractivity contribution in [3.8, 4) is 11.3 Å². The number of carbonyl (C=O) groups is 1. The van der Waals surface area contributed by atoms with Crippen LogP contribution in [0, 0.1) is 0 Å². The number of hydrogen-bond acceptors (Lipinski definition) is 1. The van der Waals surface area contributed by atoms with E-state index < -0.39 is 0 Å². The molecule has 3 aromatic carbocycles. The van der Waals surface area contributed by atoms with Gasteiger partial charge in [0.05, 0.1) is 16.8 Å². The first kappa shape index (κ1) is 19.2. The lowest BCUT2D eigenvalue weighted by Crippen LogP contribution is -2.29. The highest BCUT2D eigenvalue weighted by atomic mass is 35.5. The van der Waals surface area contributed by atoms with E-state index in [1.807, 2.05) is 47.4 Å². The summed E-state index contributed by atoms with van der Waals surface area (Å²) >= 11 is 12.8. The van der Waals surface area contributed by atoms with E-state index in [9.17, 15) is 4.79 Å². The van der Waals surface area contributed by atoms with E-state index in [1.165, 1.54) is 0 Å². The summed E-state index contributed by atoms with van der Waals surface area (Å²) in [5.41, 5.74) is 5.69. The smallest absolute Gasteiger partial charge is 0.255 e. The second kappa shape index (κ2) is 7.50. The maximum atomic E-state index is 13.3. The number of rotatable bonds is 4. The maximum Gasteiger partial charge on any atom is 0.255 e. The molecule has 1 atom stereocenters. The monoisotopic (exact) mass is 434 g/mol. The summed E-state index contributed by atoms with van der Waals surface area (Å²) in [4.78, 5) is 18.8.